The molecule has 1 rings (SSSR count). The molecule has 0 atom stereocenters. The molecule has 0 spiro atoms. The molecule has 0 aliphatic heterocycles. The molecule has 1 aromatic rings. The Morgan fingerprint density at radius 3 is 2.74 bits per heavy atom. The van der Waals surface area contributed by atoms with E-state index in [2.05, 4.69) is 32.6 Å². The monoisotopic (exact) mass is 375 g/mol. The molecule has 0 unspecified atom stereocenters. The Hall–Kier alpha value is -1.11. The van der Waals surface area contributed by atoms with Gasteiger partial charge in [-0.3, -0.25) is 9.59 Å². The zero-order valence-electron chi connectivity index (χ0n) is 10.9. The summed E-state index contributed by atoms with van der Waals surface area (Å²) in [5.74, 6) is -0.227. The van der Waals surface area contributed by atoms with Gasteiger partial charge in [0.25, 0.3) is 5.91 Å². The number of esters is 1. The van der Waals surface area contributed by atoms with Crippen LogP contribution in [0.5, 0.6) is 0 Å². The number of rotatable bonds is 7. The van der Waals surface area contributed by atoms with Crippen LogP contribution in [0.4, 0.5) is 0 Å². The smallest absolute Gasteiger partial charge is 0.305 e. The van der Waals surface area contributed by atoms with Crippen molar-refractivity contribution < 1.29 is 14.3 Å². The van der Waals surface area contributed by atoms with Gasteiger partial charge in [0, 0.05) is 22.1 Å². The summed E-state index contributed by atoms with van der Waals surface area (Å²) >= 11 is 2.18. The van der Waals surface area contributed by atoms with Gasteiger partial charge in [-0.25, -0.2) is 0 Å². The molecule has 0 radical (unpaired) electrons. The lowest BCUT2D eigenvalue weighted by atomic mass is 10.2. The number of benzene rings is 1. The number of amides is 1. The second kappa shape index (κ2) is 8.90. The van der Waals surface area contributed by atoms with Gasteiger partial charge in [0.1, 0.15) is 0 Å². The van der Waals surface area contributed by atoms with Gasteiger partial charge in [-0.2, -0.15) is 0 Å². The molecule has 0 fully saturated rings. The van der Waals surface area contributed by atoms with Crippen molar-refractivity contribution in [3.63, 3.8) is 0 Å². The molecule has 0 aliphatic carbocycles. The van der Waals surface area contributed by atoms with E-state index in [1.54, 1.807) is 6.07 Å². The number of carbonyl (C=O) groups is 2. The third kappa shape index (κ3) is 6.56. The molecular weight excluding hydrogens is 357 g/mol. The summed E-state index contributed by atoms with van der Waals surface area (Å²) in [5.41, 5.74) is 0.682. The van der Waals surface area contributed by atoms with E-state index in [9.17, 15) is 9.59 Å². The molecule has 0 saturated carbocycles. The molecule has 0 aromatic heterocycles. The van der Waals surface area contributed by atoms with Crippen LogP contribution < -0.4 is 5.32 Å². The van der Waals surface area contributed by atoms with Crippen LogP contribution in [0.25, 0.3) is 0 Å². The van der Waals surface area contributed by atoms with Crippen molar-refractivity contribution in [2.45, 2.75) is 25.7 Å². The number of carbonyl (C=O) groups excluding carboxylic acids is 2. The highest BCUT2D eigenvalue weighted by Crippen LogP contribution is 2.07. The van der Waals surface area contributed by atoms with E-state index in [1.807, 2.05) is 18.2 Å². The summed E-state index contributed by atoms with van der Waals surface area (Å²) in [7, 11) is 1.39. The summed E-state index contributed by atoms with van der Waals surface area (Å²) in [6.07, 6.45) is 3.02. The average molecular weight is 375 g/mol. The van der Waals surface area contributed by atoms with Crippen LogP contribution in [-0.2, 0) is 9.53 Å². The predicted octanol–water partition coefficient (Wildman–Crippen LogP) is 2.75. The number of nitrogens with one attached hydrogen (secondary N) is 1. The van der Waals surface area contributed by atoms with E-state index in [0.29, 0.717) is 18.5 Å². The first-order chi connectivity index (χ1) is 9.13. The van der Waals surface area contributed by atoms with Crippen LogP contribution in [0.2, 0.25) is 0 Å². The minimum absolute atomic E-state index is 0.0496. The Labute approximate surface area is 127 Å². The van der Waals surface area contributed by atoms with Crippen LogP contribution in [0, 0.1) is 3.57 Å². The molecule has 1 aromatic carbocycles. The minimum atomic E-state index is -0.178. The Morgan fingerprint density at radius 2 is 2.05 bits per heavy atom. The highest BCUT2D eigenvalue weighted by molar-refractivity contribution is 14.1. The normalized spacial score (nSPS) is 10.0. The zero-order valence-corrected chi connectivity index (χ0v) is 13.1. The second-order valence-electron chi connectivity index (χ2n) is 4.15. The Bertz CT molecular complexity index is 434. The van der Waals surface area contributed by atoms with E-state index >= 15 is 0 Å². The fourth-order valence-electron chi connectivity index (χ4n) is 1.61. The SMILES string of the molecule is COC(=O)CCCCCNC(=O)c1cccc(I)c1. The first kappa shape index (κ1) is 15.9. The van der Waals surface area contributed by atoms with Gasteiger partial charge in [-0.1, -0.05) is 12.5 Å². The van der Waals surface area contributed by atoms with Crippen LogP contribution in [0.15, 0.2) is 24.3 Å². The van der Waals surface area contributed by atoms with Crippen molar-refractivity contribution in [3.05, 3.63) is 33.4 Å². The largest absolute Gasteiger partial charge is 0.469 e. The number of unbranched alkanes of at least 4 members (excludes halogenated alkanes) is 2. The molecule has 0 saturated heterocycles. The second-order valence-corrected chi connectivity index (χ2v) is 5.40. The number of methoxy groups -OCH3 is 1. The lowest BCUT2D eigenvalue weighted by Crippen LogP contribution is -2.24. The number of halogens is 1. The molecule has 0 aliphatic rings. The molecule has 5 heteroatoms. The van der Waals surface area contributed by atoms with E-state index < -0.39 is 0 Å². The minimum Gasteiger partial charge on any atom is -0.469 e. The topological polar surface area (TPSA) is 55.4 Å². The summed E-state index contributed by atoms with van der Waals surface area (Å²) in [5, 5.41) is 2.87. The van der Waals surface area contributed by atoms with Crippen molar-refractivity contribution >= 4 is 34.5 Å². The molecule has 4 nitrogen and oxygen atoms in total. The van der Waals surface area contributed by atoms with E-state index in [4.69, 9.17) is 0 Å². The molecule has 19 heavy (non-hydrogen) atoms. The van der Waals surface area contributed by atoms with Crippen molar-refractivity contribution in [2.24, 2.45) is 0 Å². The Balaban J connectivity index is 2.16. The van der Waals surface area contributed by atoms with E-state index in [-0.39, 0.29) is 11.9 Å². The maximum absolute atomic E-state index is 11.8. The van der Waals surface area contributed by atoms with Gasteiger partial charge in [-0.05, 0) is 53.6 Å². The van der Waals surface area contributed by atoms with Crippen LogP contribution in [0.1, 0.15) is 36.0 Å². The van der Waals surface area contributed by atoms with Gasteiger partial charge in [0.05, 0.1) is 7.11 Å². The van der Waals surface area contributed by atoms with Gasteiger partial charge < -0.3 is 10.1 Å². The zero-order chi connectivity index (χ0) is 14.1. The van der Waals surface area contributed by atoms with Crippen molar-refractivity contribution in [1.29, 1.82) is 0 Å². The summed E-state index contributed by atoms with van der Waals surface area (Å²) in [4.78, 5) is 22.7. The van der Waals surface area contributed by atoms with E-state index in [1.165, 1.54) is 7.11 Å². The highest BCUT2D eigenvalue weighted by atomic mass is 127. The van der Waals surface area contributed by atoms with Crippen LogP contribution in [-0.4, -0.2) is 25.5 Å². The number of ether oxygens (including phenoxy) is 1. The van der Waals surface area contributed by atoms with Gasteiger partial charge in [-0.15, -0.1) is 0 Å². The summed E-state index contributed by atoms with van der Waals surface area (Å²) < 4.78 is 5.60. The first-order valence-electron chi connectivity index (χ1n) is 6.24. The number of hydrogen-bond acceptors (Lipinski definition) is 3. The third-order valence-corrected chi connectivity index (χ3v) is 3.33. The standard InChI is InChI=1S/C14H18INO3/c1-19-13(17)8-3-2-4-9-16-14(18)11-6-5-7-12(15)10-11/h5-7,10H,2-4,8-9H2,1H3,(H,16,18). The van der Waals surface area contributed by atoms with Crippen LogP contribution in [0.3, 0.4) is 0 Å². The molecule has 104 valence electrons. The highest BCUT2D eigenvalue weighted by Gasteiger charge is 2.04. The van der Waals surface area contributed by atoms with Crippen LogP contribution >= 0.6 is 22.6 Å². The fourth-order valence-corrected chi connectivity index (χ4v) is 2.15. The average Bonchev–Trinajstić information content (AvgIpc) is 2.42. The Morgan fingerprint density at radius 1 is 1.26 bits per heavy atom. The molecule has 1 N–H and O–H groups in total. The molecular formula is C14H18INO3. The predicted molar refractivity (Wildman–Crippen MR) is 82.0 cm³/mol. The maximum atomic E-state index is 11.8. The molecule has 0 heterocycles. The Kier molecular flexibility index (Phi) is 7.47. The van der Waals surface area contributed by atoms with E-state index in [0.717, 1.165) is 22.8 Å². The lowest BCUT2D eigenvalue weighted by molar-refractivity contribution is -0.140. The number of hydrogen-bond donors (Lipinski definition) is 1. The van der Waals surface area contributed by atoms with Crippen molar-refractivity contribution in [2.75, 3.05) is 13.7 Å². The quantitative estimate of drug-likeness (QED) is 0.453. The lowest BCUT2D eigenvalue weighted by Gasteiger charge is -2.05. The summed E-state index contributed by atoms with van der Waals surface area (Å²) in [6.45, 7) is 0.630. The summed E-state index contributed by atoms with van der Waals surface area (Å²) in [6, 6.07) is 7.47. The molecule has 1 amide bonds. The maximum Gasteiger partial charge on any atom is 0.305 e. The first-order valence-corrected chi connectivity index (χ1v) is 7.32. The van der Waals surface area contributed by atoms with Crippen molar-refractivity contribution in [1.82, 2.24) is 5.32 Å². The van der Waals surface area contributed by atoms with Gasteiger partial charge >= 0.3 is 5.97 Å². The fraction of sp³-hybridized carbons (Fsp3) is 0.429. The van der Waals surface area contributed by atoms with Gasteiger partial charge in [0.15, 0.2) is 0 Å². The van der Waals surface area contributed by atoms with Gasteiger partial charge in [0.2, 0.25) is 0 Å². The molecule has 0 bridgehead atoms. The third-order valence-electron chi connectivity index (χ3n) is 2.66. The van der Waals surface area contributed by atoms with Crippen molar-refractivity contribution in [3.8, 4) is 0 Å².